The highest BCUT2D eigenvalue weighted by atomic mass is 16.5. The van der Waals surface area contributed by atoms with Crippen molar-refractivity contribution in [1.29, 1.82) is 0 Å². The summed E-state index contributed by atoms with van der Waals surface area (Å²) in [5.41, 5.74) is 4.84. The summed E-state index contributed by atoms with van der Waals surface area (Å²) in [7, 11) is 6.16. The predicted molar refractivity (Wildman–Crippen MR) is 171 cm³/mol. The number of ether oxygens (including phenoxy) is 1. The van der Waals surface area contributed by atoms with Crippen LogP contribution < -0.4 is 10.2 Å². The molecule has 12 nitrogen and oxygen atoms in total. The molecular formula is C32H39N9O3. The highest BCUT2D eigenvalue weighted by Gasteiger charge is 2.22. The number of rotatable bonds is 6. The maximum Gasteiger partial charge on any atom is 0.345 e. The van der Waals surface area contributed by atoms with E-state index < -0.39 is 6.03 Å². The van der Waals surface area contributed by atoms with E-state index in [2.05, 4.69) is 44.3 Å². The number of carbonyl (C=O) groups excluding carboxylic acids is 2. The molecule has 0 bridgehead atoms. The number of hydrogen-bond donors (Lipinski definition) is 1. The molecule has 0 radical (unpaired) electrons. The van der Waals surface area contributed by atoms with Crippen LogP contribution in [-0.4, -0.2) is 121 Å². The molecule has 12 heteroatoms. The smallest absolute Gasteiger partial charge is 0.345 e. The molecule has 2 aromatic heterocycles. The quantitative estimate of drug-likeness (QED) is 0.462. The molecule has 3 amide bonds. The SMILES string of the molecule is CN(C)Cc1cc2c(N3CCOCC3)nc(-c3ccc(NC(=O)N=C4C=CC(C(=O)N5CCN(C)CC5)=CC4)cc3)nn2c1. The topological polar surface area (TPSA) is 111 Å². The first-order valence-corrected chi connectivity index (χ1v) is 15.0. The van der Waals surface area contributed by atoms with Crippen LogP contribution in [0.3, 0.4) is 0 Å². The number of carbonyl (C=O) groups is 2. The lowest BCUT2D eigenvalue weighted by atomic mass is 10.0. The Morgan fingerprint density at radius 3 is 2.45 bits per heavy atom. The minimum atomic E-state index is -0.465. The lowest BCUT2D eigenvalue weighted by Crippen LogP contribution is -2.47. The highest BCUT2D eigenvalue weighted by molar-refractivity contribution is 6.09. The van der Waals surface area contributed by atoms with Gasteiger partial charge in [-0.25, -0.2) is 14.3 Å². The summed E-state index contributed by atoms with van der Waals surface area (Å²) in [5, 5.41) is 7.66. The van der Waals surface area contributed by atoms with Crippen molar-refractivity contribution in [2.45, 2.75) is 13.0 Å². The average molecular weight is 598 g/mol. The van der Waals surface area contributed by atoms with Gasteiger partial charge in [0.05, 0.1) is 13.2 Å². The number of fused-ring (bicyclic) bond motifs is 1. The second-order valence-electron chi connectivity index (χ2n) is 11.7. The Balaban J connectivity index is 1.13. The van der Waals surface area contributed by atoms with Gasteiger partial charge < -0.3 is 29.7 Å². The van der Waals surface area contributed by atoms with Gasteiger partial charge in [0.25, 0.3) is 5.91 Å². The van der Waals surface area contributed by atoms with Gasteiger partial charge in [-0.2, -0.15) is 4.99 Å². The van der Waals surface area contributed by atoms with E-state index in [1.54, 1.807) is 12.2 Å². The van der Waals surface area contributed by atoms with Crippen molar-refractivity contribution in [3.05, 3.63) is 65.9 Å². The van der Waals surface area contributed by atoms with Crippen molar-refractivity contribution in [2.75, 3.05) is 83.8 Å². The number of piperazine rings is 1. The number of morpholine rings is 1. The molecule has 2 fully saturated rings. The zero-order valence-corrected chi connectivity index (χ0v) is 25.6. The number of aliphatic imine (C=N–C) groups is 1. The fraction of sp³-hybridized carbons (Fsp3) is 0.406. The highest BCUT2D eigenvalue weighted by Crippen LogP contribution is 2.27. The zero-order chi connectivity index (χ0) is 30.6. The van der Waals surface area contributed by atoms with Crippen LogP contribution in [0, 0.1) is 0 Å². The van der Waals surface area contributed by atoms with Crippen LogP contribution in [0.15, 0.2) is 65.3 Å². The van der Waals surface area contributed by atoms with E-state index in [1.807, 2.05) is 53.9 Å². The van der Waals surface area contributed by atoms with Gasteiger partial charge in [-0.05, 0) is 69.2 Å². The second kappa shape index (κ2) is 13.1. The third-order valence-electron chi connectivity index (χ3n) is 7.97. The predicted octanol–water partition coefficient (Wildman–Crippen LogP) is 2.93. The van der Waals surface area contributed by atoms with Crippen molar-refractivity contribution in [3.8, 4) is 11.4 Å². The third kappa shape index (κ3) is 6.88. The van der Waals surface area contributed by atoms with Gasteiger partial charge in [0.1, 0.15) is 5.52 Å². The van der Waals surface area contributed by atoms with Crippen LogP contribution >= 0.6 is 0 Å². The van der Waals surface area contributed by atoms with Crippen LogP contribution in [-0.2, 0) is 16.1 Å². The van der Waals surface area contributed by atoms with Gasteiger partial charge in [-0.3, -0.25) is 4.79 Å². The Labute approximate surface area is 257 Å². The summed E-state index contributed by atoms with van der Waals surface area (Å²) in [6.45, 7) is 6.87. The molecule has 1 aromatic carbocycles. The number of amides is 3. The summed E-state index contributed by atoms with van der Waals surface area (Å²) < 4.78 is 7.48. The lowest BCUT2D eigenvalue weighted by Gasteiger charge is -2.32. The van der Waals surface area contributed by atoms with Crippen molar-refractivity contribution < 1.29 is 14.3 Å². The van der Waals surface area contributed by atoms with Crippen LogP contribution in [0.4, 0.5) is 16.3 Å². The number of nitrogens with one attached hydrogen (secondary N) is 1. The van der Waals surface area contributed by atoms with Crippen LogP contribution in [0.1, 0.15) is 12.0 Å². The number of allylic oxidation sites excluding steroid dienone is 2. The Bertz CT molecular complexity index is 1610. The summed E-state index contributed by atoms with van der Waals surface area (Å²) in [6, 6.07) is 9.14. The summed E-state index contributed by atoms with van der Waals surface area (Å²) in [6.07, 6.45) is 7.83. The van der Waals surface area contributed by atoms with E-state index in [0.717, 1.165) is 68.3 Å². The number of nitrogens with zero attached hydrogens (tertiary/aromatic N) is 8. The molecule has 2 aliphatic heterocycles. The molecule has 3 aliphatic rings. The molecule has 3 aromatic rings. The van der Waals surface area contributed by atoms with E-state index in [1.165, 1.54) is 0 Å². The molecule has 1 aliphatic carbocycles. The third-order valence-corrected chi connectivity index (χ3v) is 7.97. The monoisotopic (exact) mass is 597 g/mol. The molecule has 1 N–H and O–H groups in total. The van der Waals surface area contributed by atoms with Crippen LogP contribution in [0.25, 0.3) is 16.9 Å². The maximum atomic E-state index is 12.8. The Hall–Kier alpha value is -4.39. The van der Waals surface area contributed by atoms with E-state index in [4.69, 9.17) is 14.8 Å². The van der Waals surface area contributed by atoms with Crippen molar-refractivity contribution >= 4 is 34.7 Å². The summed E-state index contributed by atoms with van der Waals surface area (Å²) in [4.78, 5) is 43.2. The second-order valence-corrected chi connectivity index (χ2v) is 11.7. The fourth-order valence-electron chi connectivity index (χ4n) is 5.57. The van der Waals surface area contributed by atoms with Gasteiger partial charge in [-0.1, -0.05) is 6.08 Å². The van der Waals surface area contributed by atoms with Crippen LogP contribution in [0.5, 0.6) is 0 Å². The average Bonchev–Trinajstić information content (AvgIpc) is 3.43. The maximum absolute atomic E-state index is 12.8. The molecule has 0 spiro atoms. The molecule has 0 unspecified atom stereocenters. The van der Waals surface area contributed by atoms with E-state index in [-0.39, 0.29) is 5.91 Å². The number of aromatic nitrogens is 3. The van der Waals surface area contributed by atoms with Gasteiger partial charge in [0, 0.05) is 81.0 Å². The van der Waals surface area contributed by atoms with Crippen LogP contribution in [0.2, 0.25) is 0 Å². The molecule has 2 saturated heterocycles. The first-order chi connectivity index (χ1) is 21.3. The van der Waals surface area contributed by atoms with Crippen molar-refractivity contribution in [1.82, 2.24) is 29.3 Å². The van der Waals surface area contributed by atoms with E-state index in [0.29, 0.717) is 42.4 Å². The van der Waals surface area contributed by atoms with Crippen molar-refractivity contribution in [2.24, 2.45) is 4.99 Å². The largest absolute Gasteiger partial charge is 0.378 e. The van der Waals surface area contributed by atoms with Gasteiger partial charge in [0.2, 0.25) is 0 Å². The number of likely N-dealkylation sites (N-methyl/N-ethyl adjacent to an activating group) is 1. The molecule has 0 atom stereocenters. The normalized spacial score (nSPS) is 18.7. The molecule has 44 heavy (non-hydrogen) atoms. The number of benzene rings is 1. The Kier molecular flexibility index (Phi) is 8.82. The lowest BCUT2D eigenvalue weighted by molar-refractivity contribution is -0.128. The number of hydrogen-bond acceptors (Lipinski definition) is 8. The molecule has 230 valence electrons. The van der Waals surface area contributed by atoms with Gasteiger partial charge >= 0.3 is 6.03 Å². The standard InChI is InChI=1S/C32H39N9O3/c1-37(2)21-23-20-28-30(39-16-18-44-19-17-39)35-29(36-41(28)22-23)24-4-8-26(9-5-24)33-32(43)34-27-10-6-25(7-11-27)31(42)40-14-12-38(3)13-15-40/h4-10,20,22H,11-19,21H2,1-3H3,(H,33,43). The first kappa shape index (κ1) is 29.7. The van der Waals surface area contributed by atoms with Crippen molar-refractivity contribution in [3.63, 3.8) is 0 Å². The fourth-order valence-corrected chi connectivity index (χ4v) is 5.57. The molecule has 0 saturated carbocycles. The Morgan fingerprint density at radius 1 is 1.02 bits per heavy atom. The minimum absolute atomic E-state index is 0.0314. The van der Waals surface area contributed by atoms with E-state index in [9.17, 15) is 9.59 Å². The number of anilines is 2. The van der Waals surface area contributed by atoms with E-state index >= 15 is 0 Å². The first-order valence-electron chi connectivity index (χ1n) is 15.0. The zero-order valence-electron chi connectivity index (χ0n) is 25.6. The number of urea groups is 1. The minimum Gasteiger partial charge on any atom is -0.378 e. The van der Waals surface area contributed by atoms with Gasteiger partial charge in [-0.15, -0.1) is 5.10 Å². The Morgan fingerprint density at radius 2 is 1.77 bits per heavy atom. The summed E-state index contributed by atoms with van der Waals surface area (Å²) in [5.74, 6) is 1.52. The van der Waals surface area contributed by atoms with Gasteiger partial charge in [0.15, 0.2) is 11.6 Å². The molecule has 4 heterocycles. The summed E-state index contributed by atoms with van der Waals surface area (Å²) >= 11 is 0. The molecular weight excluding hydrogens is 558 g/mol. The molecule has 6 rings (SSSR count).